The van der Waals surface area contributed by atoms with Gasteiger partial charge in [-0.2, -0.15) is 0 Å². The smallest absolute Gasteiger partial charge is 0.0594 e. The fourth-order valence-corrected chi connectivity index (χ4v) is 8.34. The molecule has 0 aliphatic carbocycles. The molecule has 1 heteroatoms. The maximum atomic E-state index is 2.41. The zero-order valence-corrected chi connectivity index (χ0v) is 15.2. The van der Waals surface area contributed by atoms with Crippen molar-refractivity contribution in [3.63, 3.8) is 0 Å². The Bertz CT molecular complexity index is 169. The van der Waals surface area contributed by atoms with Gasteiger partial charge in [0.15, 0.2) is 0 Å². The zero-order valence-electron chi connectivity index (χ0n) is 14.3. The van der Waals surface area contributed by atoms with Crippen LogP contribution in [0, 0.1) is 0 Å². The molecule has 0 aliphatic heterocycles. The summed E-state index contributed by atoms with van der Waals surface area (Å²) in [5, 5.41) is 0. The highest BCUT2D eigenvalue weighted by Gasteiger charge is 2.34. The summed E-state index contributed by atoms with van der Waals surface area (Å²) in [5.41, 5.74) is 0. The van der Waals surface area contributed by atoms with Crippen LogP contribution in [-0.4, -0.2) is 24.6 Å². The predicted molar refractivity (Wildman–Crippen MR) is 95.3 cm³/mol. The molecular formula is C18H40P+. The first kappa shape index (κ1) is 19.4. The van der Waals surface area contributed by atoms with Gasteiger partial charge in [-0.1, -0.05) is 59.8 Å². The Hall–Kier alpha value is 0.430. The normalized spacial score (nSPS) is 12.0. The van der Waals surface area contributed by atoms with E-state index in [1.807, 2.05) is 0 Å². The van der Waals surface area contributed by atoms with E-state index in [1.165, 1.54) is 64.2 Å². The Morgan fingerprint density at radius 3 is 1.37 bits per heavy atom. The molecule has 0 nitrogen and oxygen atoms in total. The maximum Gasteiger partial charge on any atom is 0.0594 e. The average Bonchev–Trinajstić information content (AvgIpc) is 2.43. The van der Waals surface area contributed by atoms with Crippen molar-refractivity contribution in [1.29, 1.82) is 0 Å². The summed E-state index contributed by atoms with van der Waals surface area (Å²) in [6, 6.07) is 0. The van der Waals surface area contributed by atoms with Gasteiger partial charge in [-0.3, -0.25) is 0 Å². The van der Waals surface area contributed by atoms with Gasteiger partial charge in [0.1, 0.15) is 0 Å². The predicted octanol–water partition coefficient (Wildman–Crippen LogP) is 6.98. The highest BCUT2D eigenvalue weighted by Crippen LogP contribution is 2.61. The summed E-state index contributed by atoms with van der Waals surface area (Å²) in [6.45, 7) is 9.45. The number of unbranched alkanes of at least 4 members (excludes halogenated alkanes) is 6. The fourth-order valence-electron chi connectivity index (χ4n) is 3.18. The largest absolute Gasteiger partial charge is 0.0654 e. The van der Waals surface area contributed by atoms with Gasteiger partial charge in [0.25, 0.3) is 0 Å². The quantitative estimate of drug-likeness (QED) is 0.239. The van der Waals surface area contributed by atoms with Crippen molar-refractivity contribution in [1.82, 2.24) is 0 Å². The van der Waals surface area contributed by atoms with Crippen LogP contribution in [0.5, 0.6) is 0 Å². The second-order valence-electron chi connectivity index (χ2n) is 6.36. The van der Waals surface area contributed by atoms with Gasteiger partial charge in [-0.05, 0) is 32.1 Å². The minimum Gasteiger partial charge on any atom is -0.0654 e. The van der Waals surface area contributed by atoms with E-state index in [1.54, 1.807) is 24.6 Å². The molecule has 0 rings (SSSR count). The molecular weight excluding hydrogens is 247 g/mol. The standard InChI is InChI=1S/C18H40P/c1-5-9-12-13-14-18-19(15-8-4,16-10-6-2)17-11-7-3/h5-18H2,1-4H3/q+1. The second-order valence-corrected chi connectivity index (χ2v) is 10.8. The van der Waals surface area contributed by atoms with E-state index in [4.69, 9.17) is 0 Å². The molecule has 0 aromatic carbocycles. The third-order valence-electron chi connectivity index (χ3n) is 4.41. The van der Waals surface area contributed by atoms with Gasteiger partial charge in [0, 0.05) is 7.26 Å². The Kier molecular flexibility index (Phi) is 13.7. The van der Waals surface area contributed by atoms with Crippen LogP contribution < -0.4 is 0 Å². The van der Waals surface area contributed by atoms with Gasteiger partial charge < -0.3 is 0 Å². The molecule has 0 N–H and O–H groups in total. The molecule has 0 aromatic rings. The minimum absolute atomic E-state index is 0.578. The van der Waals surface area contributed by atoms with Crippen LogP contribution in [0.15, 0.2) is 0 Å². The minimum atomic E-state index is -0.578. The van der Waals surface area contributed by atoms with Gasteiger partial charge in [0.05, 0.1) is 24.6 Å². The molecule has 0 unspecified atom stereocenters. The molecule has 0 saturated carbocycles. The van der Waals surface area contributed by atoms with Crippen molar-refractivity contribution in [2.24, 2.45) is 0 Å². The van der Waals surface area contributed by atoms with Gasteiger partial charge in [0.2, 0.25) is 0 Å². The van der Waals surface area contributed by atoms with Crippen molar-refractivity contribution >= 4 is 7.26 Å². The van der Waals surface area contributed by atoms with Crippen LogP contribution in [-0.2, 0) is 0 Å². The average molecular weight is 287 g/mol. The Morgan fingerprint density at radius 2 is 0.895 bits per heavy atom. The van der Waals surface area contributed by atoms with Crippen LogP contribution in [0.25, 0.3) is 0 Å². The van der Waals surface area contributed by atoms with Crippen molar-refractivity contribution in [3.8, 4) is 0 Å². The second kappa shape index (κ2) is 13.4. The lowest BCUT2D eigenvalue weighted by Gasteiger charge is -2.27. The Labute approximate surface area is 124 Å². The molecule has 0 saturated heterocycles. The van der Waals surface area contributed by atoms with Gasteiger partial charge in [-0.15, -0.1) is 0 Å². The third-order valence-corrected chi connectivity index (χ3v) is 9.60. The highest BCUT2D eigenvalue weighted by atomic mass is 31.2. The molecule has 0 aromatic heterocycles. The molecule has 0 amide bonds. The summed E-state index contributed by atoms with van der Waals surface area (Å²) < 4.78 is 0. The number of hydrogen-bond acceptors (Lipinski definition) is 0. The summed E-state index contributed by atoms with van der Waals surface area (Å²) in [6.07, 6.45) is 20.9. The van der Waals surface area contributed by atoms with E-state index in [0.717, 1.165) is 0 Å². The first-order valence-corrected chi connectivity index (χ1v) is 11.6. The van der Waals surface area contributed by atoms with Crippen LogP contribution in [0.4, 0.5) is 0 Å². The first-order chi connectivity index (χ1) is 9.24. The molecule has 0 fully saturated rings. The zero-order chi connectivity index (χ0) is 14.4. The number of hydrogen-bond donors (Lipinski definition) is 0. The van der Waals surface area contributed by atoms with E-state index >= 15 is 0 Å². The molecule has 0 spiro atoms. The Morgan fingerprint density at radius 1 is 0.421 bits per heavy atom. The van der Waals surface area contributed by atoms with E-state index in [9.17, 15) is 0 Å². The van der Waals surface area contributed by atoms with Crippen molar-refractivity contribution in [3.05, 3.63) is 0 Å². The molecule has 0 atom stereocenters. The lowest BCUT2D eigenvalue weighted by molar-refractivity contribution is 0.656. The van der Waals surface area contributed by atoms with E-state index in [-0.39, 0.29) is 0 Å². The topological polar surface area (TPSA) is 0 Å². The van der Waals surface area contributed by atoms with Crippen LogP contribution in [0.1, 0.15) is 91.9 Å². The van der Waals surface area contributed by atoms with Crippen LogP contribution in [0.2, 0.25) is 0 Å². The van der Waals surface area contributed by atoms with E-state index in [2.05, 4.69) is 27.7 Å². The molecule has 0 radical (unpaired) electrons. The Balaban J connectivity index is 4.23. The first-order valence-electron chi connectivity index (χ1n) is 9.09. The van der Waals surface area contributed by atoms with Crippen LogP contribution >= 0.6 is 7.26 Å². The lowest BCUT2D eigenvalue weighted by atomic mass is 10.2. The molecule has 19 heavy (non-hydrogen) atoms. The van der Waals surface area contributed by atoms with Crippen molar-refractivity contribution in [2.75, 3.05) is 24.6 Å². The molecule has 116 valence electrons. The lowest BCUT2D eigenvalue weighted by Crippen LogP contribution is -2.12. The number of rotatable bonds is 14. The maximum absolute atomic E-state index is 2.41. The molecule has 0 bridgehead atoms. The highest BCUT2D eigenvalue weighted by molar-refractivity contribution is 7.75. The van der Waals surface area contributed by atoms with Crippen molar-refractivity contribution in [2.45, 2.75) is 91.9 Å². The summed E-state index contributed by atoms with van der Waals surface area (Å²) in [7, 11) is -0.578. The summed E-state index contributed by atoms with van der Waals surface area (Å²) in [5.74, 6) is 0. The van der Waals surface area contributed by atoms with Gasteiger partial charge >= 0.3 is 0 Å². The van der Waals surface area contributed by atoms with E-state index < -0.39 is 7.26 Å². The van der Waals surface area contributed by atoms with Crippen LogP contribution in [0.3, 0.4) is 0 Å². The molecule has 0 aliphatic rings. The summed E-state index contributed by atoms with van der Waals surface area (Å²) >= 11 is 0. The fraction of sp³-hybridized carbons (Fsp3) is 1.00. The molecule has 0 heterocycles. The SMILES string of the molecule is CCCCCCC[P+](CCC)(CCCC)CCCC. The van der Waals surface area contributed by atoms with Gasteiger partial charge in [-0.25, -0.2) is 0 Å². The third kappa shape index (κ3) is 9.89. The van der Waals surface area contributed by atoms with E-state index in [0.29, 0.717) is 0 Å². The van der Waals surface area contributed by atoms with Crippen molar-refractivity contribution < 1.29 is 0 Å². The monoisotopic (exact) mass is 287 g/mol. The summed E-state index contributed by atoms with van der Waals surface area (Å²) in [4.78, 5) is 0.